The summed E-state index contributed by atoms with van der Waals surface area (Å²) in [5, 5.41) is 4.23. The number of benzene rings is 2. The topological polar surface area (TPSA) is 53.8 Å². The van der Waals surface area contributed by atoms with E-state index in [0.29, 0.717) is 11.5 Å². The largest absolute Gasteiger partial charge is 0.280 e. The molecule has 1 aliphatic rings. The zero-order chi connectivity index (χ0) is 16.1. The van der Waals surface area contributed by atoms with Crippen LogP contribution in [0.25, 0.3) is 0 Å². The van der Waals surface area contributed by atoms with E-state index in [1.807, 2.05) is 67.6 Å². The minimum absolute atomic E-state index is 0.000347. The Hall–Kier alpha value is -2.40. The second-order valence-electron chi connectivity index (χ2n) is 5.18. The molecular formula is C18H17N3OS. The van der Waals surface area contributed by atoms with E-state index >= 15 is 0 Å². The Kier molecular flexibility index (Phi) is 4.88. The van der Waals surface area contributed by atoms with E-state index in [-0.39, 0.29) is 11.2 Å². The van der Waals surface area contributed by atoms with Crippen molar-refractivity contribution in [1.29, 1.82) is 0 Å². The number of hydrogen-bond acceptors (Lipinski definition) is 5. The highest BCUT2D eigenvalue weighted by atomic mass is 32.2. The fourth-order valence-corrected chi connectivity index (χ4v) is 3.05. The molecule has 1 atom stereocenters. The Morgan fingerprint density at radius 3 is 2.39 bits per heavy atom. The highest BCUT2D eigenvalue weighted by Gasteiger charge is 2.28. The first-order valence-electron chi connectivity index (χ1n) is 7.42. The monoisotopic (exact) mass is 323 g/mol. The van der Waals surface area contributed by atoms with Crippen molar-refractivity contribution >= 4 is 34.0 Å². The van der Waals surface area contributed by atoms with E-state index in [1.165, 1.54) is 11.8 Å². The molecule has 5 heteroatoms. The number of rotatable bonds is 4. The van der Waals surface area contributed by atoms with Crippen LogP contribution < -0.4 is 5.43 Å². The summed E-state index contributed by atoms with van der Waals surface area (Å²) in [6.07, 6.45) is 0. The van der Waals surface area contributed by atoms with Gasteiger partial charge in [-0.05, 0) is 24.6 Å². The molecule has 0 radical (unpaired) electrons. The van der Waals surface area contributed by atoms with E-state index in [0.717, 1.165) is 17.0 Å². The maximum absolute atomic E-state index is 12.0. The number of nitrogens with zero attached hydrogens (tertiary/aromatic N) is 2. The van der Waals surface area contributed by atoms with Crippen molar-refractivity contribution in [3.8, 4) is 0 Å². The number of thioether (sulfide) groups is 1. The van der Waals surface area contributed by atoms with Gasteiger partial charge in [0.2, 0.25) is 5.12 Å². The first kappa shape index (κ1) is 15.5. The third kappa shape index (κ3) is 3.87. The highest BCUT2D eigenvalue weighted by molar-refractivity contribution is 8.17. The fourth-order valence-electron chi connectivity index (χ4n) is 2.27. The Balaban J connectivity index is 1.80. The number of carbonyl (C=O) groups is 1. The van der Waals surface area contributed by atoms with Gasteiger partial charge in [-0.25, -0.2) is 0 Å². The lowest BCUT2D eigenvalue weighted by Crippen LogP contribution is -2.17. The summed E-state index contributed by atoms with van der Waals surface area (Å²) >= 11 is 1.25. The average Bonchev–Trinajstić information content (AvgIpc) is 2.94. The highest BCUT2D eigenvalue weighted by Crippen LogP contribution is 2.22. The molecule has 0 saturated carbocycles. The van der Waals surface area contributed by atoms with Gasteiger partial charge in [-0.1, -0.05) is 60.3 Å². The van der Waals surface area contributed by atoms with E-state index in [9.17, 15) is 4.79 Å². The van der Waals surface area contributed by atoms with Gasteiger partial charge in [0.1, 0.15) is 0 Å². The van der Waals surface area contributed by atoms with Gasteiger partial charge in [0.05, 0.1) is 17.4 Å². The SMILES string of the molecule is C[C@H](N=C1CSC(=O)C1=NNc1ccccc1)c1ccccc1. The lowest BCUT2D eigenvalue weighted by atomic mass is 10.1. The summed E-state index contributed by atoms with van der Waals surface area (Å²) < 4.78 is 0. The van der Waals surface area contributed by atoms with Crippen LogP contribution in [0, 0.1) is 0 Å². The summed E-state index contributed by atoms with van der Waals surface area (Å²) in [6, 6.07) is 19.6. The summed E-state index contributed by atoms with van der Waals surface area (Å²) in [7, 11) is 0. The van der Waals surface area contributed by atoms with Gasteiger partial charge in [0, 0.05) is 5.75 Å². The maximum Gasteiger partial charge on any atom is 0.241 e. The van der Waals surface area contributed by atoms with E-state index in [4.69, 9.17) is 4.99 Å². The van der Waals surface area contributed by atoms with Crippen LogP contribution in [0.2, 0.25) is 0 Å². The van der Waals surface area contributed by atoms with Crippen molar-refractivity contribution in [1.82, 2.24) is 0 Å². The molecule has 3 rings (SSSR count). The molecule has 0 bridgehead atoms. The Labute approximate surface area is 139 Å². The number of carbonyl (C=O) groups excluding carboxylic acids is 1. The fraction of sp³-hybridized carbons (Fsp3) is 0.167. The molecule has 0 aromatic heterocycles. The Morgan fingerprint density at radius 1 is 1.04 bits per heavy atom. The minimum Gasteiger partial charge on any atom is -0.280 e. The van der Waals surface area contributed by atoms with E-state index in [2.05, 4.69) is 10.5 Å². The summed E-state index contributed by atoms with van der Waals surface area (Å²) in [5.74, 6) is 0.575. The predicted octanol–water partition coefficient (Wildman–Crippen LogP) is 3.93. The molecule has 0 spiro atoms. The molecule has 0 unspecified atom stereocenters. The maximum atomic E-state index is 12.0. The van der Waals surface area contributed by atoms with Crippen molar-refractivity contribution < 1.29 is 4.79 Å². The number of hydrogen-bond donors (Lipinski definition) is 1. The van der Waals surface area contributed by atoms with Gasteiger partial charge in [-0.3, -0.25) is 15.2 Å². The van der Waals surface area contributed by atoms with Crippen LogP contribution in [0.5, 0.6) is 0 Å². The molecule has 1 saturated heterocycles. The molecular weight excluding hydrogens is 306 g/mol. The van der Waals surface area contributed by atoms with E-state index in [1.54, 1.807) is 0 Å². The molecule has 1 fully saturated rings. The third-order valence-electron chi connectivity index (χ3n) is 3.51. The van der Waals surface area contributed by atoms with E-state index < -0.39 is 0 Å². The Morgan fingerprint density at radius 2 is 1.70 bits per heavy atom. The third-order valence-corrected chi connectivity index (χ3v) is 4.38. The molecule has 2 aromatic carbocycles. The molecule has 0 aliphatic carbocycles. The van der Waals surface area contributed by atoms with Gasteiger partial charge in [0.15, 0.2) is 5.71 Å². The molecule has 23 heavy (non-hydrogen) atoms. The van der Waals surface area contributed by atoms with Gasteiger partial charge in [-0.2, -0.15) is 5.10 Å². The van der Waals surface area contributed by atoms with Crippen molar-refractivity contribution in [3.05, 3.63) is 66.2 Å². The molecule has 0 amide bonds. The molecule has 1 N–H and O–H groups in total. The standard InChI is InChI=1S/C18H17N3OS/c1-13(14-8-4-2-5-9-14)19-16-12-23-18(22)17(16)21-20-15-10-6-3-7-11-15/h2-11,13,20H,12H2,1H3/t13-/m0/s1. The molecule has 1 heterocycles. The molecule has 2 aromatic rings. The van der Waals surface area contributed by atoms with Crippen molar-refractivity contribution in [2.45, 2.75) is 13.0 Å². The summed E-state index contributed by atoms with van der Waals surface area (Å²) in [6.45, 7) is 2.03. The smallest absolute Gasteiger partial charge is 0.241 e. The quantitative estimate of drug-likeness (QED) is 0.867. The number of aliphatic imine (C=N–C) groups is 1. The number of anilines is 1. The van der Waals surface area contributed by atoms with Gasteiger partial charge in [0.25, 0.3) is 0 Å². The van der Waals surface area contributed by atoms with Crippen LogP contribution in [0.4, 0.5) is 5.69 Å². The second kappa shape index (κ2) is 7.24. The van der Waals surface area contributed by atoms with Crippen LogP contribution >= 0.6 is 11.8 Å². The van der Waals surface area contributed by atoms with Gasteiger partial charge >= 0.3 is 0 Å². The van der Waals surface area contributed by atoms with Crippen LogP contribution in [-0.2, 0) is 4.79 Å². The van der Waals surface area contributed by atoms with Crippen LogP contribution in [-0.4, -0.2) is 22.3 Å². The Bertz CT molecular complexity index is 741. The number of nitrogens with one attached hydrogen (secondary N) is 1. The first-order valence-corrected chi connectivity index (χ1v) is 8.40. The van der Waals surface area contributed by atoms with Crippen molar-refractivity contribution in [3.63, 3.8) is 0 Å². The molecule has 116 valence electrons. The number of hydrazone groups is 1. The van der Waals surface area contributed by atoms with Crippen molar-refractivity contribution in [2.24, 2.45) is 10.1 Å². The molecule has 1 aliphatic heterocycles. The first-order chi connectivity index (χ1) is 11.2. The van der Waals surface area contributed by atoms with Gasteiger partial charge in [-0.15, -0.1) is 0 Å². The predicted molar refractivity (Wildman–Crippen MR) is 97.3 cm³/mol. The van der Waals surface area contributed by atoms with Crippen molar-refractivity contribution in [2.75, 3.05) is 11.2 Å². The lowest BCUT2D eigenvalue weighted by molar-refractivity contribution is -0.105. The molecule has 4 nitrogen and oxygen atoms in total. The van der Waals surface area contributed by atoms with Crippen LogP contribution in [0.15, 0.2) is 70.8 Å². The summed E-state index contributed by atoms with van der Waals surface area (Å²) in [4.78, 5) is 16.7. The minimum atomic E-state index is -0.0348. The van der Waals surface area contributed by atoms with Gasteiger partial charge < -0.3 is 0 Å². The summed E-state index contributed by atoms with van der Waals surface area (Å²) in [5.41, 5.74) is 6.07. The zero-order valence-electron chi connectivity index (χ0n) is 12.8. The zero-order valence-corrected chi connectivity index (χ0v) is 13.6. The van der Waals surface area contributed by atoms with Crippen LogP contribution in [0.3, 0.4) is 0 Å². The van der Waals surface area contributed by atoms with Crippen LogP contribution in [0.1, 0.15) is 18.5 Å². The number of para-hydroxylation sites is 1. The lowest BCUT2D eigenvalue weighted by Gasteiger charge is -2.08. The normalized spacial score (nSPS) is 19.3. The average molecular weight is 323 g/mol. The second-order valence-corrected chi connectivity index (χ2v) is 6.12.